The summed E-state index contributed by atoms with van der Waals surface area (Å²) in [6.45, 7) is 5.17. The van der Waals surface area contributed by atoms with Crippen molar-refractivity contribution in [2.24, 2.45) is 5.10 Å². The number of nitrogens with zero attached hydrogens (tertiary/aromatic N) is 1. The van der Waals surface area contributed by atoms with Crippen LogP contribution in [0.15, 0.2) is 40.0 Å². The van der Waals surface area contributed by atoms with E-state index in [9.17, 15) is 9.59 Å². The lowest BCUT2D eigenvalue weighted by Gasteiger charge is -2.09. The Balaban J connectivity index is 1.92. The van der Waals surface area contributed by atoms with Gasteiger partial charge in [0.2, 0.25) is 5.91 Å². The molecular formula is C17H18ClN3O3. The Hall–Kier alpha value is -2.60. The number of carbonyl (C=O) groups is 2. The maximum Gasteiger partial charge on any atom is 0.274 e. The Morgan fingerprint density at radius 1 is 1.25 bits per heavy atom. The monoisotopic (exact) mass is 347 g/mol. The highest BCUT2D eigenvalue weighted by atomic mass is 35.5. The molecule has 0 radical (unpaired) electrons. The average Bonchev–Trinajstić information content (AvgIpc) is 2.95. The fourth-order valence-corrected chi connectivity index (χ4v) is 2.21. The van der Waals surface area contributed by atoms with Gasteiger partial charge in [-0.3, -0.25) is 9.59 Å². The molecule has 24 heavy (non-hydrogen) atoms. The third-order valence-corrected chi connectivity index (χ3v) is 3.82. The number of hydrazone groups is 1. The van der Waals surface area contributed by atoms with Crippen LogP contribution in [-0.4, -0.2) is 17.5 Å². The summed E-state index contributed by atoms with van der Waals surface area (Å²) in [5.74, 6) is -0.114. The lowest BCUT2D eigenvalue weighted by Crippen LogP contribution is -2.21. The lowest BCUT2D eigenvalue weighted by atomic mass is 10.2. The van der Waals surface area contributed by atoms with Crippen molar-refractivity contribution in [3.63, 3.8) is 0 Å². The zero-order valence-corrected chi connectivity index (χ0v) is 14.4. The van der Waals surface area contributed by atoms with Crippen LogP contribution in [-0.2, 0) is 4.79 Å². The summed E-state index contributed by atoms with van der Waals surface area (Å²) in [7, 11) is 0. The Bertz CT molecular complexity index is 796. The quantitative estimate of drug-likeness (QED) is 0.639. The second kappa shape index (κ2) is 7.79. The summed E-state index contributed by atoms with van der Waals surface area (Å²) in [5, 5.41) is 7.29. The smallest absolute Gasteiger partial charge is 0.274 e. The van der Waals surface area contributed by atoms with E-state index in [0.29, 0.717) is 27.7 Å². The van der Waals surface area contributed by atoms with Gasteiger partial charge in [0.25, 0.3) is 5.91 Å². The summed E-state index contributed by atoms with van der Waals surface area (Å²) in [6, 6.07) is 6.85. The number of amides is 2. The van der Waals surface area contributed by atoms with Crippen LogP contribution in [0.3, 0.4) is 0 Å². The van der Waals surface area contributed by atoms with Crippen LogP contribution in [0.1, 0.15) is 35.0 Å². The van der Waals surface area contributed by atoms with E-state index < -0.39 is 0 Å². The van der Waals surface area contributed by atoms with Gasteiger partial charge in [0.1, 0.15) is 5.76 Å². The third-order valence-electron chi connectivity index (χ3n) is 3.41. The third kappa shape index (κ3) is 4.45. The fourth-order valence-electron chi connectivity index (χ4n) is 2.04. The van der Waals surface area contributed by atoms with Crippen molar-refractivity contribution in [1.82, 2.24) is 5.43 Å². The van der Waals surface area contributed by atoms with E-state index >= 15 is 0 Å². The van der Waals surface area contributed by atoms with Crippen LogP contribution in [0.5, 0.6) is 0 Å². The zero-order chi connectivity index (χ0) is 17.7. The summed E-state index contributed by atoms with van der Waals surface area (Å²) in [5.41, 5.74) is 4.73. The van der Waals surface area contributed by atoms with Crippen molar-refractivity contribution in [2.45, 2.75) is 27.2 Å². The molecule has 1 heterocycles. The normalized spacial score (nSPS) is 11.2. The Labute approximate surface area is 144 Å². The van der Waals surface area contributed by atoms with E-state index in [-0.39, 0.29) is 18.2 Å². The van der Waals surface area contributed by atoms with Crippen molar-refractivity contribution in [1.29, 1.82) is 0 Å². The van der Waals surface area contributed by atoms with Gasteiger partial charge in [0.05, 0.1) is 18.2 Å². The molecule has 0 aliphatic carbocycles. The second-order valence-electron chi connectivity index (χ2n) is 5.32. The molecule has 0 saturated heterocycles. The van der Waals surface area contributed by atoms with Crippen molar-refractivity contribution in [3.05, 3.63) is 52.4 Å². The number of rotatable bonds is 5. The van der Waals surface area contributed by atoms with Crippen LogP contribution in [0.2, 0.25) is 5.02 Å². The molecule has 1 aromatic heterocycles. The van der Waals surface area contributed by atoms with Gasteiger partial charge in [0, 0.05) is 16.4 Å². The largest absolute Gasteiger partial charge is 0.469 e. The Morgan fingerprint density at radius 2 is 2.00 bits per heavy atom. The predicted molar refractivity (Wildman–Crippen MR) is 93.5 cm³/mol. The summed E-state index contributed by atoms with van der Waals surface area (Å²) < 4.78 is 5.06. The molecule has 2 amide bonds. The van der Waals surface area contributed by atoms with E-state index in [1.807, 2.05) is 6.92 Å². The topological polar surface area (TPSA) is 83.7 Å². The molecule has 0 atom stereocenters. The number of nitrogens with one attached hydrogen (secondary N) is 2. The first-order valence-electron chi connectivity index (χ1n) is 7.31. The molecule has 0 aliphatic rings. The minimum Gasteiger partial charge on any atom is -0.469 e. The molecule has 0 saturated carbocycles. The SMILES string of the molecule is CC(CC(=O)Nc1cccc(Cl)c1C)=NNC(=O)c1ccoc1C. The molecule has 2 N–H and O–H groups in total. The summed E-state index contributed by atoms with van der Waals surface area (Å²) >= 11 is 6.02. The van der Waals surface area contributed by atoms with E-state index in [0.717, 1.165) is 5.56 Å². The molecule has 7 heteroatoms. The van der Waals surface area contributed by atoms with Gasteiger partial charge in [-0.15, -0.1) is 0 Å². The van der Waals surface area contributed by atoms with Crippen LogP contribution < -0.4 is 10.7 Å². The van der Waals surface area contributed by atoms with Crippen LogP contribution in [0.25, 0.3) is 0 Å². The molecule has 1 aromatic carbocycles. The van der Waals surface area contributed by atoms with E-state index in [1.165, 1.54) is 6.26 Å². The number of carbonyl (C=O) groups excluding carboxylic acids is 2. The highest BCUT2D eigenvalue weighted by Crippen LogP contribution is 2.22. The zero-order valence-electron chi connectivity index (χ0n) is 13.6. The number of anilines is 1. The first-order valence-corrected chi connectivity index (χ1v) is 7.69. The molecule has 0 bridgehead atoms. The number of aryl methyl sites for hydroxylation is 1. The van der Waals surface area contributed by atoms with E-state index in [4.69, 9.17) is 16.0 Å². The molecule has 0 unspecified atom stereocenters. The van der Waals surface area contributed by atoms with Crippen molar-refractivity contribution in [2.75, 3.05) is 5.32 Å². The Morgan fingerprint density at radius 3 is 2.67 bits per heavy atom. The van der Waals surface area contributed by atoms with Crippen LogP contribution in [0, 0.1) is 13.8 Å². The minimum atomic E-state index is -0.383. The van der Waals surface area contributed by atoms with Crippen LogP contribution >= 0.6 is 11.6 Å². The van der Waals surface area contributed by atoms with Crippen molar-refractivity contribution in [3.8, 4) is 0 Å². The highest BCUT2D eigenvalue weighted by Gasteiger charge is 2.11. The van der Waals surface area contributed by atoms with E-state index in [1.54, 1.807) is 38.1 Å². The average molecular weight is 348 g/mol. The standard InChI is InChI=1S/C17H18ClN3O3/c1-10(20-21-17(23)13-7-8-24-12(13)3)9-16(22)19-15-6-4-5-14(18)11(15)2/h4-8H,9H2,1-3H3,(H,19,22)(H,21,23). The van der Waals surface area contributed by atoms with Gasteiger partial charge in [-0.2, -0.15) is 5.10 Å². The maximum absolute atomic E-state index is 12.1. The molecular weight excluding hydrogens is 330 g/mol. The maximum atomic E-state index is 12.1. The number of benzene rings is 1. The van der Waals surface area contributed by atoms with Gasteiger partial charge >= 0.3 is 0 Å². The minimum absolute atomic E-state index is 0.0522. The summed E-state index contributed by atoms with van der Waals surface area (Å²) in [6.07, 6.45) is 1.48. The fraction of sp³-hybridized carbons (Fsp3) is 0.235. The molecule has 126 valence electrons. The highest BCUT2D eigenvalue weighted by molar-refractivity contribution is 6.31. The molecule has 2 aromatic rings. The first-order chi connectivity index (χ1) is 11.4. The lowest BCUT2D eigenvalue weighted by molar-refractivity contribution is -0.115. The number of hydrogen-bond donors (Lipinski definition) is 2. The van der Waals surface area contributed by atoms with Gasteiger partial charge in [-0.05, 0) is 44.5 Å². The Kier molecular flexibility index (Phi) is 5.76. The molecule has 0 aliphatic heterocycles. The molecule has 0 fully saturated rings. The molecule has 0 spiro atoms. The van der Waals surface area contributed by atoms with Gasteiger partial charge in [-0.1, -0.05) is 17.7 Å². The molecule has 2 rings (SSSR count). The predicted octanol–water partition coefficient (Wildman–Crippen LogP) is 3.68. The number of furan rings is 1. The van der Waals surface area contributed by atoms with Crippen LogP contribution in [0.4, 0.5) is 5.69 Å². The van der Waals surface area contributed by atoms with Crippen molar-refractivity contribution >= 4 is 34.8 Å². The van der Waals surface area contributed by atoms with Gasteiger partial charge in [0.15, 0.2) is 0 Å². The molecule has 6 nitrogen and oxygen atoms in total. The first kappa shape index (κ1) is 17.7. The van der Waals surface area contributed by atoms with Gasteiger partial charge < -0.3 is 9.73 Å². The number of hydrogen-bond acceptors (Lipinski definition) is 4. The van der Waals surface area contributed by atoms with Gasteiger partial charge in [-0.25, -0.2) is 5.43 Å². The van der Waals surface area contributed by atoms with E-state index in [2.05, 4.69) is 15.8 Å². The number of halogens is 1. The van der Waals surface area contributed by atoms with Crippen molar-refractivity contribution < 1.29 is 14.0 Å². The summed E-state index contributed by atoms with van der Waals surface area (Å²) in [4.78, 5) is 23.9. The second-order valence-corrected chi connectivity index (χ2v) is 5.72.